The van der Waals surface area contributed by atoms with Crippen molar-refractivity contribution in [3.8, 4) is 0 Å². The molecule has 0 heterocycles. The summed E-state index contributed by atoms with van der Waals surface area (Å²) in [6.07, 6.45) is 1.08. The van der Waals surface area contributed by atoms with Gasteiger partial charge in [-0.25, -0.2) is 12.8 Å². The molecule has 0 radical (unpaired) electrons. The van der Waals surface area contributed by atoms with Crippen molar-refractivity contribution in [1.29, 1.82) is 0 Å². The Kier molecular flexibility index (Phi) is 6.29. The summed E-state index contributed by atoms with van der Waals surface area (Å²) in [5, 5.41) is 0.565. The molecule has 0 aliphatic heterocycles. The minimum absolute atomic E-state index is 0.0992. The molecule has 1 aromatic rings. The van der Waals surface area contributed by atoms with Crippen LogP contribution in [0.2, 0.25) is 0 Å². The molecule has 1 rings (SSSR count). The zero-order valence-electron chi connectivity index (χ0n) is 10.4. The van der Waals surface area contributed by atoms with Crippen molar-refractivity contribution in [2.24, 2.45) is 0 Å². The average Bonchev–Trinajstić information content (AvgIpc) is 2.32. The standard InChI is InChI=1S/C13H18BrFO2S/c1-2-8-18(16,17)9-7-11(10-14)12-5-3-4-6-13(12)15/h3-6,11H,2,7-10H2,1H3. The van der Waals surface area contributed by atoms with Crippen molar-refractivity contribution in [3.05, 3.63) is 35.6 Å². The largest absolute Gasteiger partial charge is 0.229 e. The van der Waals surface area contributed by atoms with Crippen molar-refractivity contribution in [2.75, 3.05) is 16.8 Å². The molecule has 0 aliphatic carbocycles. The summed E-state index contributed by atoms with van der Waals surface area (Å²) in [6.45, 7) is 1.84. The highest BCUT2D eigenvalue weighted by atomic mass is 79.9. The lowest BCUT2D eigenvalue weighted by Crippen LogP contribution is -2.14. The van der Waals surface area contributed by atoms with Gasteiger partial charge in [0.2, 0.25) is 0 Å². The third-order valence-corrected chi connectivity index (χ3v) is 5.49. The van der Waals surface area contributed by atoms with E-state index in [0.29, 0.717) is 23.7 Å². The van der Waals surface area contributed by atoms with Crippen LogP contribution in [0.3, 0.4) is 0 Å². The van der Waals surface area contributed by atoms with Gasteiger partial charge in [-0.3, -0.25) is 0 Å². The van der Waals surface area contributed by atoms with Gasteiger partial charge in [0.15, 0.2) is 0 Å². The maximum absolute atomic E-state index is 13.6. The van der Waals surface area contributed by atoms with Crippen LogP contribution in [-0.4, -0.2) is 25.3 Å². The Morgan fingerprint density at radius 3 is 2.50 bits per heavy atom. The van der Waals surface area contributed by atoms with Gasteiger partial charge < -0.3 is 0 Å². The third-order valence-electron chi connectivity index (χ3n) is 2.82. The Morgan fingerprint density at radius 2 is 1.94 bits per heavy atom. The van der Waals surface area contributed by atoms with Gasteiger partial charge in [-0.2, -0.15) is 0 Å². The van der Waals surface area contributed by atoms with E-state index < -0.39 is 9.84 Å². The molecule has 1 atom stereocenters. The van der Waals surface area contributed by atoms with Crippen molar-refractivity contribution < 1.29 is 12.8 Å². The second-order valence-electron chi connectivity index (χ2n) is 4.31. The fourth-order valence-electron chi connectivity index (χ4n) is 1.86. The van der Waals surface area contributed by atoms with Gasteiger partial charge in [0.1, 0.15) is 15.7 Å². The number of hydrogen-bond acceptors (Lipinski definition) is 2. The van der Waals surface area contributed by atoms with Gasteiger partial charge in [-0.1, -0.05) is 41.1 Å². The molecule has 0 saturated heterocycles. The summed E-state index contributed by atoms with van der Waals surface area (Å²) < 4.78 is 36.9. The zero-order valence-corrected chi connectivity index (χ0v) is 12.8. The molecule has 0 aliphatic rings. The summed E-state index contributed by atoms with van der Waals surface area (Å²) in [7, 11) is -3.00. The van der Waals surface area contributed by atoms with E-state index >= 15 is 0 Å². The monoisotopic (exact) mass is 336 g/mol. The van der Waals surface area contributed by atoms with E-state index in [2.05, 4.69) is 15.9 Å². The second kappa shape index (κ2) is 7.24. The van der Waals surface area contributed by atoms with Gasteiger partial charge in [0, 0.05) is 11.1 Å². The summed E-state index contributed by atoms with van der Waals surface area (Å²) in [4.78, 5) is 0. The molecule has 2 nitrogen and oxygen atoms in total. The number of rotatable bonds is 7. The second-order valence-corrected chi connectivity index (χ2v) is 7.26. The van der Waals surface area contributed by atoms with Crippen molar-refractivity contribution in [1.82, 2.24) is 0 Å². The third kappa shape index (κ3) is 4.69. The molecule has 0 fully saturated rings. The minimum Gasteiger partial charge on any atom is -0.229 e. The zero-order chi connectivity index (χ0) is 13.6. The number of hydrogen-bond donors (Lipinski definition) is 0. The molecule has 0 N–H and O–H groups in total. The van der Waals surface area contributed by atoms with E-state index in [-0.39, 0.29) is 23.2 Å². The Bertz CT molecular complexity index is 474. The van der Waals surface area contributed by atoms with Crippen LogP contribution >= 0.6 is 15.9 Å². The molecule has 102 valence electrons. The molecule has 0 aromatic heterocycles. The molecule has 1 aromatic carbocycles. The first-order valence-electron chi connectivity index (χ1n) is 6.01. The van der Waals surface area contributed by atoms with E-state index in [0.717, 1.165) is 0 Å². The fraction of sp³-hybridized carbons (Fsp3) is 0.538. The minimum atomic E-state index is -3.00. The summed E-state index contributed by atoms with van der Waals surface area (Å²) in [5.74, 6) is -0.0438. The molecular weight excluding hydrogens is 319 g/mol. The van der Waals surface area contributed by atoms with E-state index in [1.54, 1.807) is 18.2 Å². The van der Waals surface area contributed by atoms with Crippen molar-refractivity contribution in [2.45, 2.75) is 25.7 Å². The number of benzene rings is 1. The first-order chi connectivity index (χ1) is 8.50. The van der Waals surface area contributed by atoms with Crippen LogP contribution in [0, 0.1) is 5.82 Å². The Morgan fingerprint density at radius 1 is 1.28 bits per heavy atom. The fourth-order valence-corrected chi connectivity index (χ4v) is 4.00. The van der Waals surface area contributed by atoms with Gasteiger partial charge in [-0.15, -0.1) is 0 Å². The van der Waals surface area contributed by atoms with Crippen LogP contribution in [-0.2, 0) is 9.84 Å². The Hall–Kier alpha value is -0.420. The lowest BCUT2D eigenvalue weighted by atomic mass is 9.98. The predicted octanol–water partition coefficient (Wildman–Crippen LogP) is 3.52. The van der Waals surface area contributed by atoms with Gasteiger partial charge >= 0.3 is 0 Å². The molecule has 18 heavy (non-hydrogen) atoms. The lowest BCUT2D eigenvalue weighted by molar-refractivity contribution is 0.573. The summed E-state index contributed by atoms with van der Waals surface area (Å²) in [5.41, 5.74) is 0.584. The van der Waals surface area contributed by atoms with Gasteiger partial charge in [-0.05, 0) is 30.4 Å². The van der Waals surface area contributed by atoms with Crippen LogP contribution in [0.15, 0.2) is 24.3 Å². The van der Waals surface area contributed by atoms with Gasteiger partial charge in [0.05, 0.1) is 5.75 Å². The first-order valence-corrected chi connectivity index (χ1v) is 8.95. The summed E-state index contributed by atoms with van der Waals surface area (Å²) in [6, 6.07) is 6.53. The Labute approximate surface area is 117 Å². The molecule has 0 spiro atoms. The topological polar surface area (TPSA) is 34.1 Å². The molecule has 5 heteroatoms. The SMILES string of the molecule is CCCS(=O)(=O)CCC(CBr)c1ccccc1F. The maximum atomic E-state index is 13.6. The van der Waals surface area contributed by atoms with E-state index in [4.69, 9.17) is 0 Å². The average molecular weight is 337 g/mol. The smallest absolute Gasteiger partial charge is 0.150 e. The number of sulfone groups is 1. The van der Waals surface area contributed by atoms with Crippen molar-refractivity contribution in [3.63, 3.8) is 0 Å². The molecule has 0 saturated carbocycles. The van der Waals surface area contributed by atoms with Crippen LogP contribution < -0.4 is 0 Å². The van der Waals surface area contributed by atoms with Crippen LogP contribution in [0.4, 0.5) is 4.39 Å². The number of alkyl halides is 1. The molecule has 0 bridgehead atoms. The normalized spacial score (nSPS) is 13.5. The van der Waals surface area contributed by atoms with Crippen LogP contribution in [0.5, 0.6) is 0 Å². The Balaban J connectivity index is 2.72. The maximum Gasteiger partial charge on any atom is 0.150 e. The van der Waals surface area contributed by atoms with E-state index in [9.17, 15) is 12.8 Å². The summed E-state index contributed by atoms with van der Waals surface area (Å²) >= 11 is 3.33. The van der Waals surface area contributed by atoms with Crippen molar-refractivity contribution >= 4 is 25.8 Å². The van der Waals surface area contributed by atoms with Crippen LogP contribution in [0.1, 0.15) is 31.2 Å². The highest BCUT2D eigenvalue weighted by molar-refractivity contribution is 9.09. The first kappa shape index (κ1) is 15.6. The van der Waals surface area contributed by atoms with E-state index in [1.165, 1.54) is 6.07 Å². The van der Waals surface area contributed by atoms with Gasteiger partial charge in [0.25, 0.3) is 0 Å². The molecule has 0 amide bonds. The van der Waals surface area contributed by atoms with Crippen LogP contribution in [0.25, 0.3) is 0 Å². The predicted molar refractivity (Wildman–Crippen MR) is 76.5 cm³/mol. The lowest BCUT2D eigenvalue weighted by Gasteiger charge is -2.15. The molecule has 1 unspecified atom stereocenters. The highest BCUT2D eigenvalue weighted by Crippen LogP contribution is 2.25. The molecular formula is C13H18BrFO2S. The number of halogens is 2. The highest BCUT2D eigenvalue weighted by Gasteiger charge is 2.18. The van der Waals surface area contributed by atoms with E-state index in [1.807, 2.05) is 6.92 Å². The quantitative estimate of drug-likeness (QED) is 0.714.